The summed E-state index contributed by atoms with van der Waals surface area (Å²) in [6.07, 6.45) is 0.760. The molecule has 0 aromatic rings. The summed E-state index contributed by atoms with van der Waals surface area (Å²) in [5, 5.41) is 11.2. The SMILES string of the molecule is CC1=C(C)C(=O)C(C(C)CCC(=O)NCCO)=C(C)C1=O. The second kappa shape index (κ2) is 7.31. The highest BCUT2D eigenvalue weighted by molar-refractivity contribution is 6.24. The van der Waals surface area contributed by atoms with Gasteiger partial charge in [0.05, 0.1) is 6.61 Å². The van der Waals surface area contributed by atoms with Crippen molar-refractivity contribution in [3.63, 3.8) is 0 Å². The number of carbonyl (C=O) groups excluding carboxylic acids is 3. The third-order valence-electron chi connectivity index (χ3n) is 3.96. The number of hydrogen-bond acceptors (Lipinski definition) is 4. The Bertz CT molecular complexity index is 528. The minimum Gasteiger partial charge on any atom is -0.395 e. The largest absolute Gasteiger partial charge is 0.395 e. The first-order chi connectivity index (χ1) is 9.81. The van der Waals surface area contributed by atoms with Gasteiger partial charge in [-0.25, -0.2) is 0 Å². The number of allylic oxidation sites excluding steroid dienone is 4. The number of hydrogen-bond donors (Lipinski definition) is 2. The van der Waals surface area contributed by atoms with Crippen LogP contribution in [0.3, 0.4) is 0 Å². The van der Waals surface area contributed by atoms with Gasteiger partial charge in [-0.05, 0) is 33.1 Å². The smallest absolute Gasteiger partial charge is 0.220 e. The maximum atomic E-state index is 12.3. The van der Waals surface area contributed by atoms with E-state index < -0.39 is 0 Å². The number of Topliss-reactive ketones (excluding diaryl/α,β-unsaturated/α-hetero) is 2. The van der Waals surface area contributed by atoms with E-state index in [4.69, 9.17) is 5.11 Å². The molecule has 0 aromatic heterocycles. The first kappa shape index (κ1) is 17.3. The molecule has 116 valence electrons. The molecule has 0 saturated carbocycles. The minimum atomic E-state index is -0.160. The van der Waals surface area contributed by atoms with Gasteiger partial charge in [0.2, 0.25) is 5.91 Å². The molecule has 0 aliphatic heterocycles. The van der Waals surface area contributed by atoms with Crippen LogP contribution in [0.5, 0.6) is 0 Å². The quantitative estimate of drug-likeness (QED) is 0.723. The van der Waals surface area contributed by atoms with Crippen LogP contribution in [0, 0.1) is 5.92 Å². The van der Waals surface area contributed by atoms with E-state index in [0.29, 0.717) is 28.7 Å². The molecule has 1 amide bonds. The molecule has 0 aromatic carbocycles. The Morgan fingerprint density at radius 3 is 2.24 bits per heavy atom. The lowest BCUT2D eigenvalue weighted by molar-refractivity contribution is -0.121. The van der Waals surface area contributed by atoms with Gasteiger partial charge in [0.25, 0.3) is 0 Å². The van der Waals surface area contributed by atoms with E-state index >= 15 is 0 Å². The van der Waals surface area contributed by atoms with Gasteiger partial charge in [-0.1, -0.05) is 6.92 Å². The second-order valence-corrected chi connectivity index (χ2v) is 5.46. The topological polar surface area (TPSA) is 83.5 Å². The molecular formula is C16H23NO4. The minimum absolute atomic E-state index is 0.0846. The van der Waals surface area contributed by atoms with Crippen LogP contribution in [0.4, 0.5) is 0 Å². The number of carbonyl (C=O) groups is 3. The van der Waals surface area contributed by atoms with Gasteiger partial charge >= 0.3 is 0 Å². The predicted octanol–water partition coefficient (Wildman–Crippen LogP) is 1.32. The highest BCUT2D eigenvalue weighted by Crippen LogP contribution is 2.30. The van der Waals surface area contributed by atoms with Crippen molar-refractivity contribution in [1.82, 2.24) is 5.32 Å². The Kier molecular flexibility index (Phi) is 6.03. The molecule has 5 heteroatoms. The monoisotopic (exact) mass is 293 g/mol. The molecule has 1 unspecified atom stereocenters. The van der Waals surface area contributed by atoms with Crippen molar-refractivity contribution < 1.29 is 19.5 Å². The van der Waals surface area contributed by atoms with Crippen molar-refractivity contribution in [3.8, 4) is 0 Å². The number of aliphatic hydroxyl groups excluding tert-OH is 1. The summed E-state index contributed by atoms with van der Waals surface area (Å²) in [5.74, 6) is -0.483. The van der Waals surface area contributed by atoms with E-state index in [1.165, 1.54) is 0 Å². The van der Waals surface area contributed by atoms with Gasteiger partial charge in [0.15, 0.2) is 11.6 Å². The Hall–Kier alpha value is -1.75. The standard InChI is InChI=1S/C16H23NO4/c1-9(5-6-13(19)17-7-8-18)14-12(4)15(20)10(2)11(3)16(14)21/h9,18H,5-8H2,1-4H3,(H,17,19). The van der Waals surface area contributed by atoms with E-state index in [2.05, 4.69) is 5.32 Å². The van der Waals surface area contributed by atoms with Crippen molar-refractivity contribution in [2.24, 2.45) is 5.92 Å². The first-order valence-electron chi connectivity index (χ1n) is 7.16. The van der Waals surface area contributed by atoms with Crippen molar-refractivity contribution in [2.45, 2.75) is 40.5 Å². The molecule has 0 fully saturated rings. The number of amides is 1. The van der Waals surface area contributed by atoms with Gasteiger partial charge in [-0.15, -0.1) is 0 Å². The lowest BCUT2D eigenvalue weighted by Gasteiger charge is -2.23. The van der Waals surface area contributed by atoms with Gasteiger partial charge in [-0.2, -0.15) is 0 Å². The fourth-order valence-electron chi connectivity index (χ4n) is 2.49. The summed E-state index contributed by atoms with van der Waals surface area (Å²) < 4.78 is 0. The van der Waals surface area contributed by atoms with E-state index in [-0.39, 0.29) is 43.0 Å². The summed E-state index contributed by atoms with van der Waals surface area (Å²) in [6.45, 7) is 7.01. The fraction of sp³-hybridized carbons (Fsp3) is 0.562. The zero-order chi connectivity index (χ0) is 16.2. The van der Waals surface area contributed by atoms with E-state index in [1.807, 2.05) is 6.92 Å². The number of aliphatic hydroxyl groups is 1. The summed E-state index contributed by atoms with van der Waals surface area (Å²) in [5.41, 5.74) is 2.02. The summed E-state index contributed by atoms with van der Waals surface area (Å²) in [4.78, 5) is 36.0. The summed E-state index contributed by atoms with van der Waals surface area (Å²) in [7, 11) is 0. The van der Waals surface area contributed by atoms with Crippen LogP contribution in [0.15, 0.2) is 22.3 Å². The Labute approximate surface area is 125 Å². The van der Waals surface area contributed by atoms with Gasteiger partial charge in [-0.3, -0.25) is 14.4 Å². The van der Waals surface area contributed by atoms with Crippen LogP contribution in [-0.2, 0) is 14.4 Å². The first-order valence-corrected chi connectivity index (χ1v) is 7.16. The molecule has 0 heterocycles. The molecule has 1 aliphatic carbocycles. The number of rotatable bonds is 6. The highest BCUT2D eigenvalue weighted by Gasteiger charge is 2.30. The van der Waals surface area contributed by atoms with E-state index in [0.717, 1.165) is 0 Å². The molecule has 0 bridgehead atoms. The third kappa shape index (κ3) is 3.88. The molecule has 1 aliphatic rings. The van der Waals surface area contributed by atoms with Crippen LogP contribution in [0.2, 0.25) is 0 Å². The molecule has 21 heavy (non-hydrogen) atoms. The van der Waals surface area contributed by atoms with Crippen LogP contribution in [0.25, 0.3) is 0 Å². The lowest BCUT2D eigenvalue weighted by Crippen LogP contribution is -2.28. The zero-order valence-electron chi connectivity index (χ0n) is 13.1. The second-order valence-electron chi connectivity index (χ2n) is 5.46. The molecule has 0 spiro atoms. The highest BCUT2D eigenvalue weighted by atomic mass is 16.3. The van der Waals surface area contributed by atoms with Gasteiger partial charge < -0.3 is 10.4 Å². The fourth-order valence-corrected chi connectivity index (χ4v) is 2.49. The summed E-state index contributed by atoms with van der Waals surface area (Å²) >= 11 is 0. The Balaban J connectivity index is 2.78. The van der Waals surface area contributed by atoms with Crippen LogP contribution in [0.1, 0.15) is 40.5 Å². The normalized spacial score (nSPS) is 17.4. The average molecular weight is 293 g/mol. The molecule has 1 atom stereocenters. The Morgan fingerprint density at radius 1 is 1.10 bits per heavy atom. The van der Waals surface area contributed by atoms with Crippen molar-refractivity contribution in [2.75, 3.05) is 13.2 Å². The van der Waals surface area contributed by atoms with Crippen molar-refractivity contribution in [3.05, 3.63) is 22.3 Å². The average Bonchev–Trinajstić information content (AvgIpc) is 2.47. The maximum Gasteiger partial charge on any atom is 0.220 e. The summed E-state index contributed by atoms with van der Waals surface area (Å²) in [6, 6.07) is 0. The predicted molar refractivity (Wildman–Crippen MR) is 79.6 cm³/mol. The molecule has 0 saturated heterocycles. The molecule has 2 N–H and O–H groups in total. The lowest BCUT2D eigenvalue weighted by atomic mass is 9.79. The third-order valence-corrected chi connectivity index (χ3v) is 3.96. The Morgan fingerprint density at radius 2 is 1.67 bits per heavy atom. The van der Waals surface area contributed by atoms with Crippen LogP contribution >= 0.6 is 0 Å². The number of nitrogens with one attached hydrogen (secondary N) is 1. The molecule has 1 rings (SSSR count). The number of ketones is 2. The van der Waals surface area contributed by atoms with Crippen LogP contribution in [-0.4, -0.2) is 35.7 Å². The molecule has 0 radical (unpaired) electrons. The van der Waals surface area contributed by atoms with Crippen molar-refractivity contribution >= 4 is 17.5 Å². The van der Waals surface area contributed by atoms with E-state index in [9.17, 15) is 14.4 Å². The van der Waals surface area contributed by atoms with E-state index in [1.54, 1.807) is 20.8 Å². The van der Waals surface area contributed by atoms with Crippen LogP contribution < -0.4 is 5.32 Å². The van der Waals surface area contributed by atoms with Gasteiger partial charge in [0, 0.05) is 35.3 Å². The zero-order valence-corrected chi connectivity index (χ0v) is 13.1. The van der Waals surface area contributed by atoms with Gasteiger partial charge in [0.1, 0.15) is 0 Å². The molecule has 5 nitrogen and oxygen atoms in total. The maximum absolute atomic E-state index is 12.3. The van der Waals surface area contributed by atoms with Crippen molar-refractivity contribution in [1.29, 1.82) is 0 Å². The molecular weight excluding hydrogens is 270 g/mol.